The highest BCUT2D eigenvalue weighted by Gasteiger charge is 2.08. The van der Waals surface area contributed by atoms with Crippen molar-refractivity contribution in [1.82, 2.24) is 0 Å². The minimum atomic E-state index is -0.397. The van der Waals surface area contributed by atoms with Crippen LogP contribution in [-0.4, -0.2) is 18.2 Å². The maximum atomic E-state index is 10.0. The molecule has 0 amide bonds. The van der Waals surface area contributed by atoms with Crippen LogP contribution in [-0.2, 0) is 6.42 Å². The van der Waals surface area contributed by atoms with Gasteiger partial charge in [-0.2, -0.15) is 0 Å². The van der Waals surface area contributed by atoms with Gasteiger partial charge in [0.15, 0.2) is 0 Å². The molecule has 0 saturated carbocycles. The van der Waals surface area contributed by atoms with Crippen molar-refractivity contribution < 1.29 is 10.4 Å². The van der Waals surface area contributed by atoms with Crippen molar-refractivity contribution in [2.75, 3.05) is 13.1 Å². The molecule has 3 heteroatoms. The Balaban J connectivity index is 1.71. The Morgan fingerprint density at radius 2 is 1.68 bits per heavy atom. The average molecular weight is 277 g/mol. The molecule has 0 heterocycles. The lowest BCUT2D eigenvalue weighted by Gasteiger charge is -2.09. The first-order chi connectivity index (χ1) is 9.25. The zero-order chi connectivity index (χ0) is 13.5. The molecule has 0 radical (unpaired) electrons. The van der Waals surface area contributed by atoms with Crippen LogP contribution in [0.1, 0.15) is 17.2 Å². The minimum Gasteiger partial charge on any atom is -0.382 e. The summed E-state index contributed by atoms with van der Waals surface area (Å²) in [5.74, 6) is 0. The van der Waals surface area contributed by atoms with Crippen molar-refractivity contribution >= 4 is 11.6 Å². The Morgan fingerprint density at radius 1 is 1.00 bits per heavy atom. The highest BCUT2D eigenvalue weighted by Crippen LogP contribution is 2.10. The third kappa shape index (κ3) is 4.67. The van der Waals surface area contributed by atoms with Gasteiger partial charge in [-0.15, -0.1) is 0 Å². The highest BCUT2D eigenvalue weighted by molar-refractivity contribution is 6.30. The third-order valence-electron chi connectivity index (χ3n) is 3.12. The van der Waals surface area contributed by atoms with Gasteiger partial charge in [0.1, 0.15) is 12.6 Å². The van der Waals surface area contributed by atoms with Crippen LogP contribution in [0.2, 0.25) is 5.02 Å². The van der Waals surface area contributed by atoms with E-state index in [0.29, 0.717) is 6.54 Å². The molecule has 0 saturated heterocycles. The summed E-state index contributed by atoms with van der Waals surface area (Å²) in [5.41, 5.74) is 2.25. The normalized spacial score (nSPS) is 12.3. The number of nitrogens with two attached hydrogens (primary N) is 1. The molecule has 1 atom stereocenters. The first kappa shape index (κ1) is 14.1. The molecular formula is C16H19ClNO+. The highest BCUT2D eigenvalue weighted by atomic mass is 35.5. The van der Waals surface area contributed by atoms with Crippen LogP contribution < -0.4 is 5.32 Å². The summed E-state index contributed by atoms with van der Waals surface area (Å²) in [5, 5.41) is 12.9. The van der Waals surface area contributed by atoms with Crippen LogP contribution in [0, 0.1) is 0 Å². The lowest BCUT2D eigenvalue weighted by atomic mass is 10.1. The predicted octanol–water partition coefficient (Wildman–Crippen LogP) is 2.18. The smallest absolute Gasteiger partial charge is 0.128 e. The van der Waals surface area contributed by atoms with Crippen LogP contribution in [0.25, 0.3) is 0 Å². The average Bonchev–Trinajstić information content (AvgIpc) is 2.46. The summed E-state index contributed by atoms with van der Waals surface area (Å²) in [6.45, 7) is 1.66. The Kier molecular flexibility index (Phi) is 5.40. The van der Waals surface area contributed by atoms with Crippen molar-refractivity contribution in [2.24, 2.45) is 0 Å². The molecule has 0 fully saturated rings. The van der Waals surface area contributed by atoms with E-state index in [4.69, 9.17) is 11.6 Å². The molecule has 0 unspecified atom stereocenters. The van der Waals surface area contributed by atoms with Gasteiger partial charge >= 0.3 is 0 Å². The van der Waals surface area contributed by atoms with Crippen molar-refractivity contribution in [2.45, 2.75) is 12.5 Å². The van der Waals surface area contributed by atoms with E-state index in [1.807, 2.05) is 54.6 Å². The zero-order valence-electron chi connectivity index (χ0n) is 10.8. The van der Waals surface area contributed by atoms with Crippen LogP contribution in [0.4, 0.5) is 0 Å². The van der Waals surface area contributed by atoms with Gasteiger partial charge in [-0.3, -0.25) is 0 Å². The molecule has 19 heavy (non-hydrogen) atoms. The first-order valence-corrected chi connectivity index (χ1v) is 6.92. The molecule has 100 valence electrons. The molecule has 0 aliphatic rings. The lowest BCUT2D eigenvalue weighted by Crippen LogP contribution is -2.85. The van der Waals surface area contributed by atoms with Crippen LogP contribution in [0.5, 0.6) is 0 Å². The fourth-order valence-electron chi connectivity index (χ4n) is 2.01. The lowest BCUT2D eigenvalue weighted by molar-refractivity contribution is -0.661. The fraction of sp³-hybridized carbons (Fsp3) is 0.250. The quantitative estimate of drug-likeness (QED) is 0.780. The maximum absolute atomic E-state index is 10.0. The van der Waals surface area contributed by atoms with E-state index in [0.717, 1.165) is 23.6 Å². The van der Waals surface area contributed by atoms with Crippen LogP contribution in [0.15, 0.2) is 54.6 Å². The van der Waals surface area contributed by atoms with E-state index < -0.39 is 6.10 Å². The summed E-state index contributed by atoms with van der Waals surface area (Å²) >= 11 is 5.84. The number of aliphatic hydroxyl groups excluding tert-OH is 1. The SMILES string of the molecule is O[C@@H](C[NH2+]CCc1ccc(Cl)cc1)c1ccccc1. The van der Waals surface area contributed by atoms with Gasteiger partial charge < -0.3 is 10.4 Å². The number of rotatable bonds is 6. The van der Waals surface area contributed by atoms with Crippen LogP contribution >= 0.6 is 11.6 Å². The molecule has 0 aromatic heterocycles. The molecule has 2 aromatic carbocycles. The van der Waals surface area contributed by atoms with Crippen molar-refractivity contribution in [3.63, 3.8) is 0 Å². The molecule has 0 aliphatic carbocycles. The van der Waals surface area contributed by atoms with E-state index in [2.05, 4.69) is 5.32 Å². The Hall–Kier alpha value is -1.35. The van der Waals surface area contributed by atoms with E-state index in [1.165, 1.54) is 5.56 Å². The number of aliphatic hydroxyl groups is 1. The van der Waals surface area contributed by atoms with Crippen molar-refractivity contribution in [3.8, 4) is 0 Å². The third-order valence-corrected chi connectivity index (χ3v) is 3.38. The second-order valence-electron chi connectivity index (χ2n) is 4.62. The van der Waals surface area contributed by atoms with Gasteiger partial charge in [0.05, 0.1) is 6.54 Å². The minimum absolute atomic E-state index is 0.397. The van der Waals surface area contributed by atoms with Crippen molar-refractivity contribution in [1.29, 1.82) is 0 Å². The number of hydrogen-bond acceptors (Lipinski definition) is 1. The number of halogens is 1. The Bertz CT molecular complexity index is 484. The Labute approximate surface area is 119 Å². The topological polar surface area (TPSA) is 36.8 Å². The van der Waals surface area contributed by atoms with Gasteiger partial charge in [0.2, 0.25) is 0 Å². The van der Waals surface area contributed by atoms with E-state index in [1.54, 1.807) is 0 Å². The van der Waals surface area contributed by atoms with E-state index in [9.17, 15) is 5.11 Å². The van der Waals surface area contributed by atoms with E-state index in [-0.39, 0.29) is 0 Å². The summed E-state index contributed by atoms with van der Waals surface area (Å²) < 4.78 is 0. The van der Waals surface area contributed by atoms with Gasteiger partial charge in [0, 0.05) is 11.4 Å². The second kappa shape index (κ2) is 7.29. The Morgan fingerprint density at radius 3 is 2.37 bits per heavy atom. The molecule has 3 N–H and O–H groups in total. The molecule has 2 aromatic rings. The second-order valence-corrected chi connectivity index (χ2v) is 5.05. The van der Waals surface area contributed by atoms with Gasteiger partial charge in [-0.05, 0) is 23.3 Å². The van der Waals surface area contributed by atoms with E-state index >= 15 is 0 Å². The summed E-state index contributed by atoms with van der Waals surface area (Å²) in [4.78, 5) is 0. The largest absolute Gasteiger partial charge is 0.382 e. The maximum Gasteiger partial charge on any atom is 0.128 e. The fourth-order valence-corrected chi connectivity index (χ4v) is 2.13. The molecule has 0 aliphatic heterocycles. The monoisotopic (exact) mass is 276 g/mol. The molecule has 2 rings (SSSR count). The van der Waals surface area contributed by atoms with Gasteiger partial charge in [-0.25, -0.2) is 0 Å². The zero-order valence-corrected chi connectivity index (χ0v) is 11.6. The molecule has 0 spiro atoms. The first-order valence-electron chi connectivity index (χ1n) is 6.55. The van der Waals surface area contributed by atoms with Crippen LogP contribution in [0.3, 0.4) is 0 Å². The van der Waals surface area contributed by atoms with Gasteiger partial charge in [-0.1, -0.05) is 54.1 Å². The summed E-state index contributed by atoms with van der Waals surface area (Å²) in [6, 6.07) is 17.7. The summed E-state index contributed by atoms with van der Waals surface area (Å²) in [6.07, 6.45) is 0.588. The molecule has 0 bridgehead atoms. The standard InChI is InChI=1S/C16H18ClNO/c17-15-8-6-13(7-9-15)10-11-18-12-16(19)14-4-2-1-3-5-14/h1-9,16,18-19H,10-12H2/p+1/t16-/m0/s1. The molecular weight excluding hydrogens is 258 g/mol. The number of benzene rings is 2. The van der Waals surface area contributed by atoms with Gasteiger partial charge in [0.25, 0.3) is 0 Å². The number of quaternary nitrogens is 1. The predicted molar refractivity (Wildman–Crippen MR) is 78.2 cm³/mol. The van der Waals surface area contributed by atoms with Crippen molar-refractivity contribution in [3.05, 3.63) is 70.7 Å². The summed E-state index contributed by atoms with van der Waals surface area (Å²) in [7, 11) is 0. The molecule has 2 nitrogen and oxygen atoms in total. The number of hydrogen-bond donors (Lipinski definition) is 2.